The average Bonchev–Trinajstić information content (AvgIpc) is 3.04. The van der Waals surface area contributed by atoms with E-state index in [0.717, 1.165) is 25.2 Å². The van der Waals surface area contributed by atoms with Crippen LogP contribution in [0.1, 0.15) is 30.8 Å². The summed E-state index contributed by atoms with van der Waals surface area (Å²) in [6, 6.07) is 15.5. The van der Waals surface area contributed by atoms with Crippen LogP contribution in [0.25, 0.3) is 10.8 Å². The van der Waals surface area contributed by atoms with Gasteiger partial charge in [-0.05, 0) is 42.3 Å². The smallest absolute Gasteiger partial charge is 0.137 e. The molecule has 0 saturated heterocycles. The molecule has 1 atom stereocenters. The highest BCUT2D eigenvalue weighted by molar-refractivity contribution is 5.83. The number of nitrogens with zero attached hydrogens (tertiary/aromatic N) is 2. The van der Waals surface area contributed by atoms with E-state index in [1.54, 1.807) is 6.33 Å². The summed E-state index contributed by atoms with van der Waals surface area (Å²) in [5.74, 6) is 0.954. The number of benzene rings is 2. The molecule has 3 aromatic rings. The maximum atomic E-state index is 4.13. The van der Waals surface area contributed by atoms with Crippen molar-refractivity contribution in [2.24, 2.45) is 0 Å². The summed E-state index contributed by atoms with van der Waals surface area (Å²) < 4.78 is 0. The fourth-order valence-electron chi connectivity index (χ4n) is 2.52. The van der Waals surface area contributed by atoms with Gasteiger partial charge in [-0.25, -0.2) is 4.98 Å². The molecule has 0 saturated carbocycles. The second-order valence-electron chi connectivity index (χ2n) is 5.32. The van der Waals surface area contributed by atoms with E-state index in [1.165, 1.54) is 16.3 Å². The van der Waals surface area contributed by atoms with Crippen LogP contribution in [-0.2, 0) is 6.42 Å². The summed E-state index contributed by atoms with van der Waals surface area (Å²) in [4.78, 5) is 4.13. The van der Waals surface area contributed by atoms with Gasteiger partial charge in [-0.2, -0.15) is 5.10 Å². The molecule has 0 aliphatic heterocycles. The molecule has 1 aromatic heterocycles. The van der Waals surface area contributed by atoms with Crippen LogP contribution in [0.4, 0.5) is 0 Å². The van der Waals surface area contributed by atoms with Crippen molar-refractivity contribution in [1.29, 1.82) is 0 Å². The van der Waals surface area contributed by atoms with E-state index in [0.29, 0.717) is 6.04 Å². The van der Waals surface area contributed by atoms with E-state index in [2.05, 4.69) is 69.9 Å². The SMILES string of the molecule is CC(NCCCc1ncn[nH]1)c1ccc2ccccc2c1. The second kappa shape index (κ2) is 6.50. The van der Waals surface area contributed by atoms with Crippen LogP contribution in [0.3, 0.4) is 0 Å². The van der Waals surface area contributed by atoms with Gasteiger partial charge in [0.15, 0.2) is 0 Å². The van der Waals surface area contributed by atoms with Gasteiger partial charge in [0.1, 0.15) is 12.2 Å². The Morgan fingerprint density at radius 1 is 1.14 bits per heavy atom. The Balaban J connectivity index is 1.55. The third kappa shape index (κ3) is 3.47. The van der Waals surface area contributed by atoms with Gasteiger partial charge in [-0.1, -0.05) is 36.4 Å². The van der Waals surface area contributed by atoms with Crippen molar-refractivity contribution in [1.82, 2.24) is 20.5 Å². The number of aromatic nitrogens is 3. The Labute approximate surface area is 124 Å². The molecule has 0 radical (unpaired) electrons. The number of hydrogen-bond donors (Lipinski definition) is 2. The quantitative estimate of drug-likeness (QED) is 0.682. The molecule has 0 aliphatic carbocycles. The number of nitrogens with one attached hydrogen (secondary N) is 2. The normalized spacial score (nSPS) is 12.6. The highest BCUT2D eigenvalue weighted by Crippen LogP contribution is 2.20. The van der Waals surface area contributed by atoms with Crippen LogP contribution >= 0.6 is 0 Å². The first-order chi connectivity index (χ1) is 10.3. The Morgan fingerprint density at radius 2 is 2.00 bits per heavy atom. The van der Waals surface area contributed by atoms with Crippen molar-refractivity contribution >= 4 is 10.8 Å². The van der Waals surface area contributed by atoms with Crippen molar-refractivity contribution < 1.29 is 0 Å². The molecule has 2 aromatic carbocycles. The summed E-state index contributed by atoms with van der Waals surface area (Å²) in [6.45, 7) is 3.17. The van der Waals surface area contributed by atoms with Crippen molar-refractivity contribution in [3.8, 4) is 0 Å². The number of aryl methyl sites for hydroxylation is 1. The maximum Gasteiger partial charge on any atom is 0.137 e. The first-order valence-corrected chi connectivity index (χ1v) is 7.39. The molecule has 0 amide bonds. The number of H-pyrrole nitrogens is 1. The van der Waals surface area contributed by atoms with Gasteiger partial charge in [0.2, 0.25) is 0 Å². The van der Waals surface area contributed by atoms with Gasteiger partial charge in [-0.3, -0.25) is 5.10 Å². The molecule has 2 N–H and O–H groups in total. The highest BCUT2D eigenvalue weighted by atomic mass is 15.2. The molecule has 0 aliphatic rings. The predicted molar refractivity (Wildman–Crippen MR) is 85.1 cm³/mol. The molecule has 3 rings (SSSR count). The molecule has 108 valence electrons. The van der Waals surface area contributed by atoms with Crippen molar-refractivity contribution in [3.63, 3.8) is 0 Å². The topological polar surface area (TPSA) is 53.6 Å². The van der Waals surface area contributed by atoms with Gasteiger partial charge < -0.3 is 5.32 Å². The highest BCUT2D eigenvalue weighted by Gasteiger charge is 2.05. The fraction of sp³-hybridized carbons (Fsp3) is 0.294. The third-order valence-corrected chi connectivity index (χ3v) is 3.78. The number of aromatic amines is 1. The molecule has 21 heavy (non-hydrogen) atoms. The van der Waals surface area contributed by atoms with E-state index in [4.69, 9.17) is 0 Å². The second-order valence-corrected chi connectivity index (χ2v) is 5.32. The summed E-state index contributed by atoms with van der Waals surface area (Å²) in [6.07, 6.45) is 3.53. The van der Waals surface area contributed by atoms with Crippen molar-refractivity contribution in [3.05, 3.63) is 60.2 Å². The Morgan fingerprint density at radius 3 is 2.81 bits per heavy atom. The monoisotopic (exact) mass is 280 g/mol. The Bertz CT molecular complexity index is 691. The lowest BCUT2D eigenvalue weighted by molar-refractivity contribution is 0.555. The van der Waals surface area contributed by atoms with Gasteiger partial charge in [0.05, 0.1) is 0 Å². The largest absolute Gasteiger partial charge is 0.310 e. The predicted octanol–water partition coefficient (Wildman–Crippen LogP) is 3.24. The standard InChI is InChI=1S/C17H20N4/c1-13(18-10-4-7-17-19-12-20-21-17)15-9-8-14-5-2-3-6-16(14)11-15/h2-3,5-6,8-9,11-13,18H,4,7,10H2,1H3,(H,19,20,21). The number of hydrogen-bond acceptors (Lipinski definition) is 3. The zero-order valence-corrected chi connectivity index (χ0v) is 12.2. The zero-order valence-electron chi connectivity index (χ0n) is 12.2. The third-order valence-electron chi connectivity index (χ3n) is 3.78. The van der Waals surface area contributed by atoms with Crippen LogP contribution in [0, 0.1) is 0 Å². The van der Waals surface area contributed by atoms with E-state index in [1.807, 2.05) is 0 Å². The van der Waals surface area contributed by atoms with Gasteiger partial charge in [-0.15, -0.1) is 0 Å². The zero-order chi connectivity index (χ0) is 14.5. The minimum absolute atomic E-state index is 0.351. The Kier molecular flexibility index (Phi) is 4.26. The first kappa shape index (κ1) is 13.8. The molecule has 0 bridgehead atoms. The number of rotatable bonds is 6. The van der Waals surface area contributed by atoms with E-state index >= 15 is 0 Å². The van der Waals surface area contributed by atoms with E-state index in [-0.39, 0.29) is 0 Å². The van der Waals surface area contributed by atoms with Crippen LogP contribution in [0.5, 0.6) is 0 Å². The lowest BCUT2D eigenvalue weighted by atomic mass is 10.0. The van der Waals surface area contributed by atoms with Crippen LogP contribution in [-0.4, -0.2) is 21.7 Å². The molecule has 1 heterocycles. The lowest BCUT2D eigenvalue weighted by Gasteiger charge is -2.14. The van der Waals surface area contributed by atoms with Crippen LogP contribution in [0.15, 0.2) is 48.8 Å². The van der Waals surface area contributed by atoms with Crippen molar-refractivity contribution in [2.45, 2.75) is 25.8 Å². The van der Waals surface area contributed by atoms with Gasteiger partial charge >= 0.3 is 0 Å². The summed E-state index contributed by atoms with van der Waals surface area (Å²) in [7, 11) is 0. The lowest BCUT2D eigenvalue weighted by Crippen LogP contribution is -2.20. The minimum atomic E-state index is 0.351. The first-order valence-electron chi connectivity index (χ1n) is 7.39. The van der Waals surface area contributed by atoms with Crippen LogP contribution < -0.4 is 5.32 Å². The molecule has 1 unspecified atom stereocenters. The van der Waals surface area contributed by atoms with Gasteiger partial charge in [0, 0.05) is 12.5 Å². The molecule has 4 nitrogen and oxygen atoms in total. The molecule has 0 fully saturated rings. The minimum Gasteiger partial charge on any atom is -0.310 e. The number of fused-ring (bicyclic) bond motifs is 1. The molecular formula is C17H20N4. The Hall–Kier alpha value is -2.20. The summed E-state index contributed by atoms with van der Waals surface area (Å²) in [5.41, 5.74) is 1.33. The van der Waals surface area contributed by atoms with Crippen molar-refractivity contribution in [2.75, 3.05) is 6.54 Å². The van der Waals surface area contributed by atoms with E-state index < -0.39 is 0 Å². The molecule has 4 heteroatoms. The summed E-state index contributed by atoms with van der Waals surface area (Å²) >= 11 is 0. The average molecular weight is 280 g/mol. The van der Waals surface area contributed by atoms with Crippen LogP contribution in [0.2, 0.25) is 0 Å². The van der Waals surface area contributed by atoms with E-state index in [9.17, 15) is 0 Å². The van der Waals surface area contributed by atoms with Gasteiger partial charge in [0.25, 0.3) is 0 Å². The molecular weight excluding hydrogens is 260 g/mol. The molecule has 0 spiro atoms. The maximum absolute atomic E-state index is 4.13. The summed E-state index contributed by atoms with van der Waals surface area (Å²) in [5, 5.41) is 12.9. The fourth-order valence-corrected chi connectivity index (χ4v) is 2.52.